The van der Waals surface area contributed by atoms with Crippen molar-refractivity contribution < 1.29 is 4.74 Å². The summed E-state index contributed by atoms with van der Waals surface area (Å²) >= 11 is 0. The minimum atomic E-state index is 0.525. The van der Waals surface area contributed by atoms with Gasteiger partial charge in [-0.15, -0.1) is 0 Å². The number of nitrogens with zero attached hydrogens (tertiary/aromatic N) is 1. The third-order valence-electron chi connectivity index (χ3n) is 1.69. The van der Waals surface area contributed by atoms with E-state index in [0.717, 1.165) is 17.9 Å². The molecular formula is C12H15NO. The number of hydrogen-bond donors (Lipinski definition) is 0. The third kappa shape index (κ3) is 3.05. The van der Waals surface area contributed by atoms with E-state index in [-0.39, 0.29) is 0 Å². The monoisotopic (exact) mass is 189 g/mol. The SMILES string of the molecule is C=CCOc1ccccc1C=NCC. The fourth-order valence-corrected chi connectivity index (χ4v) is 1.06. The van der Waals surface area contributed by atoms with E-state index in [2.05, 4.69) is 11.6 Å². The van der Waals surface area contributed by atoms with Crippen LogP contribution >= 0.6 is 0 Å². The summed E-state index contributed by atoms with van der Waals surface area (Å²) in [6.45, 7) is 6.92. The van der Waals surface area contributed by atoms with Crippen LogP contribution in [0.2, 0.25) is 0 Å². The van der Waals surface area contributed by atoms with Crippen molar-refractivity contribution in [3.8, 4) is 5.75 Å². The molecule has 0 saturated carbocycles. The molecule has 0 atom stereocenters. The van der Waals surface area contributed by atoms with Crippen LogP contribution in [0.25, 0.3) is 0 Å². The molecule has 0 bridgehead atoms. The van der Waals surface area contributed by atoms with Gasteiger partial charge in [-0.25, -0.2) is 0 Å². The number of rotatable bonds is 5. The summed E-state index contributed by atoms with van der Waals surface area (Å²) in [6.07, 6.45) is 3.56. The Morgan fingerprint density at radius 2 is 2.21 bits per heavy atom. The lowest BCUT2D eigenvalue weighted by atomic mass is 10.2. The van der Waals surface area contributed by atoms with Gasteiger partial charge in [0.15, 0.2) is 0 Å². The predicted molar refractivity (Wildman–Crippen MR) is 60.3 cm³/mol. The number of benzene rings is 1. The second-order valence-corrected chi connectivity index (χ2v) is 2.77. The summed E-state index contributed by atoms with van der Waals surface area (Å²) in [5.41, 5.74) is 1.01. The van der Waals surface area contributed by atoms with Crippen LogP contribution in [0.3, 0.4) is 0 Å². The second-order valence-electron chi connectivity index (χ2n) is 2.77. The van der Waals surface area contributed by atoms with Gasteiger partial charge in [0, 0.05) is 18.3 Å². The van der Waals surface area contributed by atoms with Gasteiger partial charge < -0.3 is 4.74 Å². The lowest BCUT2D eigenvalue weighted by Gasteiger charge is -2.05. The Morgan fingerprint density at radius 3 is 2.93 bits per heavy atom. The molecule has 0 N–H and O–H groups in total. The van der Waals surface area contributed by atoms with Gasteiger partial charge in [-0.2, -0.15) is 0 Å². The fourth-order valence-electron chi connectivity index (χ4n) is 1.06. The van der Waals surface area contributed by atoms with E-state index in [1.165, 1.54) is 0 Å². The van der Waals surface area contributed by atoms with E-state index in [4.69, 9.17) is 4.74 Å². The average molecular weight is 189 g/mol. The van der Waals surface area contributed by atoms with Gasteiger partial charge in [-0.05, 0) is 19.1 Å². The molecule has 2 nitrogen and oxygen atoms in total. The van der Waals surface area contributed by atoms with Crippen molar-refractivity contribution in [3.05, 3.63) is 42.5 Å². The number of aliphatic imine (C=N–C) groups is 1. The van der Waals surface area contributed by atoms with Crippen LogP contribution in [0.4, 0.5) is 0 Å². The van der Waals surface area contributed by atoms with Crippen molar-refractivity contribution in [2.75, 3.05) is 13.2 Å². The smallest absolute Gasteiger partial charge is 0.128 e. The standard InChI is InChI=1S/C12H15NO/c1-3-9-14-12-8-6-5-7-11(12)10-13-4-2/h3,5-8,10H,1,4,9H2,2H3. The summed E-state index contributed by atoms with van der Waals surface area (Å²) < 4.78 is 5.47. The van der Waals surface area contributed by atoms with Crippen LogP contribution in [0.5, 0.6) is 5.75 Å². The lowest BCUT2D eigenvalue weighted by Crippen LogP contribution is -1.96. The predicted octanol–water partition coefficient (Wildman–Crippen LogP) is 2.69. The minimum absolute atomic E-state index is 0.525. The second kappa shape index (κ2) is 5.97. The number of para-hydroxylation sites is 1. The van der Waals surface area contributed by atoms with E-state index in [1.807, 2.05) is 37.4 Å². The van der Waals surface area contributed by atoms with Crippen LogP contribution in [0.1, 0.15) is 12.5 Å². The molecule has 0 aromatic heterocycles. The number of hydrogen-bond acceptors (Lipinski definition) is 2. The molecule has 1 rings (SSSR count). The first-order valence-corrected chi connectivity index (χ1v) is 4.71. The molecule has 0 aliphatic rings. The molecule has 0 saturated heterocycles. The highest BCUT2D eigenvalue weighted by Gasteiger charge is 1.97. The molecule has 0 heterocycles. The number of ether oxygens (including phenoxy) is 1. The van der Waals surface area contributed by atoms with Gasteiger partial charge in [0.1, 0.15) is 12.4 Å². The van der Waals surface area contributed by atoms with E-state index in [0.29, 0.717) is 6.61 Å². The van der Waals surface area contributed by atoms with Crippen molar-refractivity contribution >= 4 is 6.21 Å². The Hall–Kier alpha value is -1.57. The lowest BCUT2D eigenvalue weighted by molar-refractivity contribution is 0.363. The zero-order chi connectivity index (χ0) is 10.2. The van der Waals surface area contributed by atoms with Gasteiger partial charge in [0.2, 0.25) is 0 Å². The summed E-state index contributed by atoms with van der Waals surface area (Å²) in [4.78, 5) is 4.18. The zero-order valence-electron chi connectivity index (χ0n) is 8.44. The van der Waals surface area contributed by atoms with Crippen LogP contribution in [0.15, 0.2) is 41.9 Å². The molecule has 0 unspecified atom stereocenters. The first-order valence-electron chi connectivity index (χ1n) is 4.71. The van der Waals surface area contributed by atoms with Gasteiger partial charge in [-0.1, -0.05) is 24.8 Å². The molecular weight excluding hydrogens is 174 g/mol. The largest absolute Gasteiger partial charge is 0.489 e. The molecule has 2 heteroatoms. The molecule has 14 heavy (non-hydrogen) atoms. The Balaban J connectivity index is 2.79. The fraction of sp³-hybridized carbons (Fsp3) is 0.250. The topological polar surface area (TPSA) is 21.6 Å². The Labute approximate surface area is 84.9 Å². The van der Waals surface area contributed by atoms with Gasteiger partial charge in [0.25, 0.3) is 0 Å². The van der Waals surface area contributed by atoms with Crippen molar-refractivity contribution in [1.82, 2.24) is 0 Å². The highest BCUT2D eigenvalue weighted by Crippen LogP contribution is 2.15. The Morgan fingerprint density at radius 1 is 1.43 bits per heavy atom. The van der Waals surface area contributed by atoms with Crippen LogP contribution in [0, 0.1) is 0 Å². The average Bonchev–Trinajstić information content (AvgIpc) is 2.24. The third-order valence-corrected chi connectivity index (χ3v) is 1.69. The zero-order valence-corrected chi connectivity index (χ0v) is 8.44. The first kappa shape index (κ1) is 10.5. The summed E-state index contributed by atoms with van der Waals surface area (Å²) in [6, 6.07) is 7.83. The maximum Gasteiger partial charge on any atom is 0.128 e. The van der Waals surface area contributed by atoms with Gasteiger partial charge in [0.05, 0.1) is 0 Å². The van der Waals surface area contributed by atoms with E-state index in [1.54, 1.807) is 6.08 Å². The van der Waals surface area contributed by atoms with Crippen molar-refractivity contribution in [2.24, 2.45) is 4.99 Å². The maximum atomic E-state index is 5.47. The first-order chi connectivity index (χ1) is 6.88. The summed E-state index contributed by atoms with van der Waals surface area (Å²) in [5, 5.41) is 0. The Bertz CT molecular complexity index is 318. The van der Waals surface area contributed by atoms with Crippen molar-refractivity contribution in [2.45, 2.75) is 6.92 Å². The minimum Gasteiger partial charge on any atom is -0.489 e. The van der Waals surface area contributed by atoms with E-state index in [9.17, 15) is 0 Å². The molecule has 1 aromatic rings. The van der Waals surface area contributed by atoms with Crippen molar-refractivity contribution in [1.29, 1.82) is 0 Å². The highest BCUT2D eigenvalue weighted by molar-refractivity contribution is 5.83. The molecule has 0 spiro atoms. The maximum absolute atomic E-state index is 5.47. The highest BCUT2D eigenvalue weighted by atomic mass is 16.5. The van der Waals surface area contributed by atoms with Gasteiger partial charge in [-0.3, -0.25) is 4.99 Å². The van der Waals surface area contributed by atoms with Gasteiger partial charge >= 0.3 is 0 Å². The van der Waals surface area contributed by atoms with E-state index >= 15 is 0 Å². The molecule has 74 valence electrons. The molecule has 0 aliphatic heterocycles. The quantitative estimate of drug-likeness (QED) is 0.515. The summed E-state index contributed by atoms with van der Waals surface area (Å²) in [5.74, 6) is 0.851. The normalized spacial score (nSPS) is 10.4. The van der Waals surface area contributed by atoms with E-state index < -0.39 is 0 Å². The van der Waals surface area contributed by atoms with Crippen LogP contribution in [-0.2, 0) is 0 Å². The Kier molecular flexibility index (Phi) is 4.48. The van der Waals surface area contributed by atoms with Crippen molar-refractivity contribution in [3.63, 3.8) is 0 Å². The summed E-state index contributed by atoms with van der Waals surface area (Å²) in [7, 11) is 0. The molecule has 1 aromatic carbocycles. The van der Waals surface area contributed by atoms with Crippen LogP contribution in [-0.4, -0.2) is 19.4 Å². The molecule has 0 radical (unpaired) electrons. The van der Waals surface area contributed by atoms with Crippen LogP contribution < -0.4 is 4.74 Å². The molecule has 0 aliphatic carbocycles. The molecule has 0 fully saturated rings. The molecule has 0 amide bonds.